The Morgan fingerprint density at radius 2 is 1.22 bits per heavy atom. The number of pyridine rings is 3. The van der Waals surface area contributed by atoms with Gasteiger partial charge < -0.3 is 9.80 Å². The second kappa shape index (κ2) is 7.58. The number of anilines is 2. The highest BCUT2D eigenvalue weighted by molar-refractivity contribution is 6.37. The zero-order valence-electron chi connectivity index (χ0n) is 15.6. The van der Waals surface area contributed by atoms with Crippen LogP contribution in [0.15, 0.2) is 53.8 Å². The standard InChI is InChI=1S/C19H20Cl2N5O/c1-23(2)13-5-9-25(10-6-13)17-15(20)18(22-19(27)16(17)21)26-11-7-14(8-12-26)24(3)4/h5-12H,1-4H3/q+1/p+1. The summed E-state index contributed by atoms with van der Waals surface area (Å²) in [4.78, 5) is 19.2. The highest BCUT2D eigenvalue weighted by Crippen LogP contribution is 2.24. The van der Waals surface area contributed by atoms with Crippen LogP contribution in [-0.4, -0.2) is 33.2 Å². The van der Waals surface area contributed by atoms with Crippen molar-refractivity contribution < 1.29 is 9.13 Å². The van der Waals surface area contributed by atoms with Gasteiger partial charge in [-0.05, 0) is 0 Å². The minimum Gasteiger partial charge on any atom is -0.377 e. The molecule has 140 valence electrons. The van der Waals surface area contributed by atoms with Gasteiger partial charge in [0, 0.05) is 63.8 Å². The van der Waals surface area contributed by atoms with Crippen LogP contribution in [0.2, 0.25) is 10.0 Å². The van der Waals surface area contributed by atoms with E-state index in [4.69, 9.17) is 23.2 Å². The lowest BCUT2D eigenvalue weighted by molar-refractivity contribution is -0.606. The van der Waals surface area contributed by atoms with E-state index in [1.807, 2.05) is 87.0 Å². The first-order valence-electron chi connectivity index (χ1n) is 8.29. The normalized spacial score (nSPS) is 10.7. The topological polar surface area (TPSA) is 47.1 Å². The van der Waals surface area contributed by atoms with E-state index in [0.717, 1.165) is 11.4 Å². The minimum absolute atomic E-state index is 0.0388. The third-order valence-corrected chi connectivity index (χ3v) is 4.94. The van der Waals surface area contributed by atoms with Gasteiger partial charge in [-0.3, -0.25) is 0 Å². The molecule has 8 heteroatoms. The fraction of sp³-hybridized carbons (Fsp3) is 0.211. The number of halogens is 2. The summed E-state index contributed by atoms with van der Waals surface area (Å²) in [7, 11) is 7.84. The summed E-state index contributed by atoms with van der Waals surface area (Å²) < 4.78 is 3.50. The lowest BCUT2D eigenvalue weighted by Crippen LogP contribution is -2.38. The first-order valence-corrected chi connectivity index (χ1v) is 9.04. The molecular weight excluding hydrogens is 385 g/mol. The van der Waals surface area contributed by atoms with E-state index in [1.165, 1.54) is 0 Å². The average Bonchev–Trinajstić information content (AvgIpc) is 2.65. The molecule has 0 aliphatic rings. The van der Waals surface area contributed by atoms with Gasteiger partial charge >= 0.3 is 11.4 Å². The molecule has 3 rings (SSSR count). The molecule has 1 N–H and O–H groups in total. The summed E-state index contributed by atoms with van der Waals surface area (Å²) in [6, 6.07) is 7.71. The van der Waals surface area contributed by atoms with E-state index in [2.05, 4.69) is 4.98 Å². The van der Waals surface area contributed by atoms with Crippen LogP contribution in [0, 0.1) is 0 Å². The zero-order valence-corrected chi connectivity index (χ0v) is 17.1. The number of hydrogen-bond donors (Lipinski definition) is 1. The number of aromatic nitrogens is 3. The molecule has 0 unspecified atom stereocenters. The number of H-pyrrole nitrogens is 1. The van der Waals surface area contributed by atoms with E-state index in [0.29, 0.717) is 16.5 Å². The molecule has 0 saturated carbocycles. The fourth-order valence-electron chi connectivity index (χ4n) is 2.67. The third kappa shape index (κ3) is 3.77. The number of rotatable bonds is 4. The van der Waals surface area contributed by atoms with Crippen LogP contribution in [-0.2, 0) is 0 Å². The molecule has 6 nitrogen and oxygen atoms in total. The van der Waals surface area contributed by atoms with Crippen LogP contribution in [0.5, 0.6) is 0 Å². The van der Waals surface area contributed by atoms with Crippen LogP contribution in [0.1, 0.15) is 0 Å². The second-order valence-electron chi connectivity index (χ2n) is 6.50. The number of nitrogens with one attached hydrogen (secondary N) is 1. The first kappa shape index (κ1) is 19.2. The van der Waals surface area contributed by atoms with Crippen molar-refractivity contribution in [1.29, 1.82) is 0 Å². The Morgan fingerprint density at radius 1 is 0.778 bits per heavy atom. The highest BCUT2D eigenvalue weighted by atomic mass is 35.5. The Balaban J connectivity index is 2.14. The van der Waals surface area contributed by atoms with Crippen molar-refractivity contribution in [2.75, 3.05) is 38.0 Å². The Bertz CT molecular complexity index is 1010. The van der Waals surface area contributed by atoms with Crippen LogP contribution in [0.3, 0.4) is 0 Å². The molecule has 0 aliphatic carbocycles. The monoisotopic (exact) mass is 405 g/mol. The molecular formula is C19H21Cl2N5O+2. The highest BCUT2D eigenvalue weighted by Gasteiger charge is 2.28. The quantitative estimate of drug-likeness (QED) is 0.677. The van der Waals surface area contributed by atoms with E-state index >= 15 is 0 Å². The summed E-state index contributed by atoms with van der Waals surface area (Å²) in [5.74, 6) is 0.454. The lowest BCUT2D eigenvalue weighted by Gasteiger charge is -2.12. The summed E-state index contributed by atoms with van der Waals surface area (Å²) in [6.07, 6.45) is 7.32. The fourth-order valence-corrected chi connectivity index (χ4v) is 3.29. The maximum Gasteiger partial charge on any atom is 0.357 e. The maximum atomic E-state index is 12.4. The van der Waals surface area contributed by atoms with Crippen molar-refractivity contribution in [2.24, 2.45) is 0 Å². The van der Waals surface area contributed by atoms with E-state index < -0.39 is 5.56 Å². The Kier molecular flexibility index (Phi) is 5.39. The predicted molar refractivity (Wildman–Crippen MR) is 109 cm³/mol. The van der Waals surface area contributed by atoms with Gasteiger partial charge in [-0.2, -0.15) is 4.57 Å². The van der Waals surface area contributed by atoms with Gasteiger partial charge in [0.15, 0.2) is 12.4 Å². The Hall–Kier alpha value is -2.57. The van der Waals surface area contributed by atoms with Crippen molar-refractivity contribution >= 4 is 34.6 Å². The summed E-state index contributed by atoms with van der Waals surface area (Å²) in [5, 5.41) is 0.390. The molecule has 27 heavy (non-hydrogen) atoms. The van der Waals surface area contributed by atoms with Crippen molar-refractivity contribution in [3.63, 3.8) is 0 Å². The molecule has 0 bridgehead atoms. The van der Waals surface area contributed by atoms with E-state index in [9.17, 15) is 4.79 Å². The average molecular weight is 406 g/mol. The van der Waals surface area contributed by atoms with Gasteiger partial charge in [0.25, 0.3) is 5.69 Å². The molecule has 0 saturated heterocycles. The van der Waals surface area contributed by atoms with Crippen LogP contribution in [0.25, 0.3) is 11.5 Å². The third-order valence-electron chi connectivity index (χ3n) is 4.23. The van der Waals surface area contributed by atoms with Crippen LogP contribution >= 0.6 is 23.2 Å². The SMILES string of the molecule is CN(C)c1cc[n+](-c2[nH]c(=O)c(Cl)c(-[n+]3ccc(N(C)C)cc3)c2Cl)cc1. The van der Waals surface area contributed by atoms with E-state index in [-0.39, 0.29) is 5.02 Å². The smallest absolute Gasteiger partial charge is 0.357 e. The van der Waals surface area contributed by atoms with Crippen molar-refractivity contribution in [3.8, 4) is 11.5 Å². The molecule has 3 heterocycles. The molecule has 3 aromatic rings. The maximum absolute atomic E-state index is 12.4. The molecule has 0 radical (unpaired) electrons. The summed E-state index contributed by atoms with van der Waals surface area (Å²) in [6.45, 7) is 0. The van der Waals surface area contributed by atoms with Crippen molar-refractivity contribution in [3.05, 3.63) is 69.5 Å². The second-order valence-corrected chi connectivity index (χ2v) is 7.25. The number of hydrogen-bond acceptors (Lipinski definition) is 3. The number of nitrogens with zero attached hydrogens (tertiary/aromatic N) is 4. The Labute approximate surface area is 167 Å². The minimum atomic E-state index is -0.403. The van der Waals surface area contributed by atoms with Crippen LogP contribution in [0.4, 0.5) is 11.4 Å². The van der Waals surface area contributed by atoms with Crippen LogP contribution < -0.4 is 24.5 Å². The van der Waals surface area contributed by atoms with Gasteiger partial charge in [0.1, 0.15) is 0 Å². The molecule has 0 aromatic carbocycles. The lowest BCUT2D eigenvalue weighted by atomic mass is 10.3. The summed E-state index contributed by atoms with van der Waals surface area (Å²) in [5.41, 5.74) is 2.09. The Morgan fingerprint density at radius 3 is 1.67 bits per heavy atom. The van der Waals surface area contributed by atoms with Gasteiger partial charge in [-0.1, -0.05) is 23.2 Å². The molecule has 0 spiro atoms. The predicted octanol–water partition coefficient (Wildman–Crippen LogP) is 2.37. The van der Waals surface area contributed by atoms with Crippen molar-refractivity contribution in [1.82, 2.24) is 4.98 Å². The van der Waals surface area contributed by atoms with Gasteiger partial charge in [0.2, 0.25) is 10.0 Å². The summed E-state index contributed by atoms with van der Waals surface area (Å²) >= 11 is 12.9. The molecule has 0 fully saturated rings. The largest absolute Gasteiger partial charge is 0.377 e. The van der Waals surface area contributed by atoms with Gasteiger partial charge in [0.05, 0.1) is 12.4 Å². The molecule has 0 aliphatic heterocycles. The molecule has 0 atom stereocenters. The number of aromatic amines is 1. The van der Waals surface area contributed by atoms with Gasteiger partial charge in [-0.25, -0.2) is 14.3 Å². The molecule has 3 aromatic heterocycles. The van der Waals surface area contributed by atoms with E-state index in [1.54, 1.807) is 9.13 Å². The van der Waals surface area contributed by atoms with Crippen molar-refractivity contribution in [2.45, 2.75) is 0 Å². The zero-order chi connectivity index (χ0) is 19.7. The van der Waals surface area contributed by atoms with Gasteiger partial charge in [-0.15, -0.1) is 0 Å². The first-order chi connectivity index (χ1) is 12.8. The molecule has 0 amide bonds.